The Morgan fingerprint density at radius 1 is 1.06 bits per heavy atom. The standard InChI is InChI=1S/C22H20Cl2N6O/c1-13-25-12-30(28-13)19-8-6-15(11-20(19)31-2)21-26-27-22-16(4-3-9-29(21)22)14-5-7-17(23)18(24)10-14/h5-8,10-12,16H,3-4,9H2,1-2H3. The molecule has 9 heteroatoms. The van der Waals surface area contributed by atoms with Gasteiger partial charge in [0.05, 0.1) is 17.2 Å². The fourth-order valence-electron chi connectivity index (χ4n) is 4.10. The minimum absolute atomic E-state index is 0.129. The number of halogens is 2. The van der Waals surface area contributed by atoms with Crippen LogP contribution in [-0.4, -0.2) is 36.6 Å². The molecule has 1 aliphatic rings. The number of nitrogens with zero attached hydrogens (tertiary/aromatic N) is 6. The molecule has 5 rings (SSSR count). The zero-order valence-electron chi connectivity index (χ0n) is 17.1. The summed E-state index contributed by atoms with van der Waals surface area (Å²) < 4.78 is 9.52. The largest absolute Gasteiger partial charge is 0.494 e. The van der Waals surface area contributed by atoms with Crippen molar-refractivity contribution >= 4 is 23.2 Å². The molecule has 7 nitrogen and oxygen atoms in total. The van der Waals surface area contributed by atoms with Crippen molar-refractivity contribution in [2.45, 2.75) is 32.2 Å². The zero-order valence-corrected chi connectivity index (χ0v) is 18.6. The van der Waals surface area contributed by atoms with E-state index in [2.05, 4.69) is 24.8 Å². The number of hydrogen-bond acceptors (Lipinski definition) is 5. The van der Waals surface area contributed by atoms with Crippen LogP contribution in [0, 0.1) is 6.92 Å². The van der Waals surface area contributed by atoms with Crippen LogP contribution in [0.4, 0.5) is 0 Å². The molecule has 0 fully saturated rings. The molecule has 0 bridgehead atoms. The molecular weight excluding hydrogens is 435 g/mol. The normalized spacial score (nSPS) is 15.7. The Hall–Kier alpha value is -2.90. The first-order chi connectivity index (χ1) is 15.0. The lowest BCUT2D eigenvalue weighted by atomic mass is 9.91. The quantitative estimate of drug-likeness (QED) is 0.430. The second-order valence-corrected chi connectivity index (χ2v) is 8.34. The van der Waals surface area contributed by atoms with Crippen LogP contribution in [0.15, 0.2) is 42.7 Å². The van der Waals surface area contributed by atoms with Gasteiger partial charge in [0.15, 0.2) is 5.82 Å². The number of rotatable bonds is 4. The average molecular weight is 455 g/mol. The molecule has 0 saturated carbocycles. The van der Waals surface area contributed by atoms with Crippen LogP contribution in [0.3, 0.4) is 0 Å². The van der Waals surface area contributed by atoms with Gasteiger partial charge in [0.1, 0.15) is 29.4 Å². The van der Waals surface area contributed by atoms with Crippen molar-refractivity contribution in [1.82, 2.24) is 29.5 Å². The van der Waals surface area contributed by atoms with Crippen molar-refractivity contribution in [2.24, 2.45) is 0 Å². The van der Waals surface area contributed by atoms with E-state index in [0.29, 0.717) is 21.6 Å². The van der Waals surface area contributed by atoms with E-state index in [4.69, 9.17) is 27.9 Å². The topological polar surface area (TPSA) is 70.7 Å². The Morgan fingerprint density at radius 3 is 2.68 bits per heavy atom. The Morgan fingerprint density at radius 2 is 1.94 bits per heavy atom. The Labute approximate surface area is 189 Å². The van der Waals surface area contributed by atoms with E-state index in [1.54, 1.807) is 18.1 Å². The van der Waals surface area contributed by atoms with Crippen LogP contribution in [0.5, 0.6) is 5.75 Å². The molecule has 0 radical (unpaired) electrons. The molecule has 0 aliphatic carbocycles. The van der Waals surface area contributed by atoms with E-state index >= 15 is 0 Å². The number of aryl methyl sites for hydroxylation is 1. The number of fused-ring (bicyclic) bond motifs is 1. The molecule has 2 aromatic heterocycles. The highest BCUT2D eigenvalue weighted by Crippen LogP contribution is 2.38. The van der Waals surface area contributed by atoms with Gasteiger partial charge in [-0.2, -0.15) is 5.10 Å². The Balaban J connectivity index is 1.54. The summed E-state index contributed by atoms with van der Waals surface area (Å²) in [4.78, 5) is 4.20. The Kier molecular flexibility index (Phi) is 5.16. The van der Waals surface area contributed by atoms with Crippen molar-refractivity contribution in [3.05, 3.63) is 70.0 Å². The third-order valence-electron chi connectivity index (χ3n) is 5.60. The van der Waals surface area contributed by atoms with E-state index in [1.807, 2.05) is 43.3 Å². The zero-order chi connectivity index (χ0) is 21.5. The molecule has 31 heavy (non-hydrogen) atoms. The number of methoxy groups -OCH3 is 1. The van der Waals surface area contributed by atoms with Crippen molar-refractivity contribution < 1.29 is 4.74 Å². The second-order valence-electron chi connectivity index (χ2n) is 7.52. The second kappa shape index (κ2) is 7.98. The van der Waals surface area contributed by atoms with Gasteiger partial charge in [0.2, 0.25) is 0 Å². The first kappa shape index (κ1) is 20.0. The number of hydrogen-bond donors (Lipinski definition) is 0. The molecule has 1 aliphatic heterocycles. The molecule has 2 aromatic carbocycles. The number of benzene rings is 2. The predicted octanol–water partition coefficient (Wildman–Crippen LogP) is 5.08. The maximum atomic E-state index is 6.26. The first-order valence-corrected chi connectivity index (χ1v) is 10.8. The van der Waals surface area contributed by atoms with Crippen molar-refractivity contribution in [2.75, 3.05) is 7.11 Å². The highest BCUT2D eigenvalue weighted by atomic mass is 35.5. The van der Waals surface area contributed by atoms with Crippen LogP contribution >= 0.6 is 23.2 Å². The molecule has 4 aromatic rings. The van der Waals surface area contributed by atoms with E-state index in [0.717, 1.165) is 47.8 Å². The van der Waals surface area contributed by atoms with Crippen LogP contribution < -0.4 is 4.74 Å². The lowest BCUT2D eigenvalue weighted by Gasteiger charge is -2.24. The summed E-state index contributed by atoms with van der Waals surface area (Å²) in [6.07, 6.45) is 3.69. The molecule has 0 N–H and O–H groups in total. The predicted molar refractivity (Wildman–Crippen MR) is 119 cm³/mol. The first-order valence-electron chi connectivity index (χ1n) is 10.00. The molecule has 1 unspecified atom stereocenters. The lowest BCUT2D eigenvalue weighted by Crippen LogP contribution is -2.17. The molecule has 0 spiro atoms. The van der Waals surface area contributed by atoms with Crippen molar-refractivity contribution in [3.63, 3.8) is 0 Å². The van der Waals surface area contributed by atoms with Gasteiger partial charge in [-0.15, -0.1) is 10.2 Å². The summed E-state index contributed by atoms with van der Waals surface area (Å²) >= 11 is 12.4. The molecule has 0 amide bonds. The van der Waals surface area contributed by atoms with Crippen LogP contribution in [0.2, 0.25) is 10.0 Å². The minimum Gasteiger partial charge on any atom is -0.494 e. The van der Waals surface area contributed by atoms with Gasteiger partial charge in [0.25, 0.3) is 0 Å². The van der Waals surface area contributed by atoms with Gasteiger partial charge in [-0.25, -0.2) is 9.67 Å². The van der Waals surface area contributed by atoms with Gasteiger partial charge in [-0.3, -0.25) is 0 Å². The van der Waals surface area contributed by atoms with Gasteiger partial charge in [0, 0.05) is 18.0 Å². The van der Waals surface area contributed by atoms with E-state index < -0.39 is 0 Å². The van der Waals surface area contributed by atoms with Gasteiger partial charge in [-0.05, 0) is 55.7 Å². The monoisotopic (exact) mass is 454 g/mol. The fraction of sp³-hybridized carbons (Fsp3) is 0.273. The molecule has 0 saturated heterocycles. The lowest BCUT2D eigenvalue weighted by molar-refractivity contribution is 0.411. The van der Waals surface area contributed by atoms with Gasteiger partial charge < -0.3 is 9.30 Å². The van der Waals surface area contributed by atoms with E-state index in [-0.39, 0.29) is 5.92 Å². The molecule has 1 atom stereocenters. The van der Waals surface area contributed by atoms with Gasteiger partial charge in [-0.1, -0.05) is 29.3 Å². The molecule has 3 heterocycles. The third kappa shape index (κ3) is 3.58. The van der Waals surface area contributed by atoms with Crippen LogP contribution in [0.25, 0.3) is 17.1 Å². The smallest absolute Gasteiger partial charge is 0.164 e. The van der Waals surface area contributed by atoms with Crippen molar-refractivity contribution in [1.29, 1.82) is 0 Å². The summed E-state index contributed by atoms with van der Waals surface area (Å²) in [5, 5.41) is 14.6. The van der Waals surface area contributed by atoms with E-state index in [9.17, 15) is 0 Å². The van der Waals surface area contributed by atoms with Gasteiger partial charge >= 0.3 is 0 Å². The van der Waals surface area contributed by atoms with Crippen LogP contribution in [-0.2, 0) is 6.54 Å². The highest BCUT2D eigenvalue weighted by Gasteiger charge is 2.28. The summed E-state index contributed by atoms with van der Waals surface area (Å²) in [6.45, 7) is 2.71. The fourth-order valence-corrected chi connectivity index (χ4v) is 4.41. The highest BCUT2D eigenvalue weighted by molar-refractivity contribution is 6.42. The summed E-state index contributed by atoms with van der Waals surface area (Å²) in [7, 11) is 1.64. The Bertz CT molecular complexity index is 1260. The maximum absolute atomic E-state index is 6.26. The summed E-state index contributed by atoms with van der Waals surface area (Å²) in [6, 6.07) is 11.7. The summed E-state index contributed by atoms with van der Waals surface area (Å²) in [5.74, 6) is 3.28. The summed E-state index contributed by atoms with van der Waals surface area (Å²) in [5.41, 5.74) is 2.86. The number of ether oxygens (including phenoxy) is 1. The molecular formula is C22H20Cl2N6O. The van der Waals surface area contributed by atoms with Crippen molar-refractivity contribution in [3.8, 4) is 22.8 Å². The maximum Gasteiger partial charge on any atom is 0.164 e. The molecule has 158 valence electrons. The average Bonchev–Trinajstić information content (AvgIpc) is 3.41. The SMILES string of the molecule is COc1cc(-c2nnc3n2CCCC3c2ccc(Cl)c(Cl)c2)ccc1-n1cnc(C)n1. The minimum atomic E-state index is 0.129. The van der Waals surface area contributed by atoms with Crippen LogP contribution in [0.1, 0.15) is 36.0 Å². The number of aromatic nitrogens is 6. The van der Waals surface area contributed by atoms with E-state index in [1.165, 1.54) is 0 Å². The third-order valence-corrected chi connectivity index (χ3v) is 6.34.